The van der Waals surface area contributed by atoms with Crippen LogP contribution < -0.4 is 0 Å². The lowest BCUT2D eigenvalue weighted by atomic mass is 9.61. The van der Waals surface area contributed by atoms with E-state index in [4.69, 9.17) is 4.74 Å². The summed E-state index contributed by atoms with van der Waals surface area (Å²) in [5, 5.41) is 10.3. The van der Waals surface area contributed by atoms with Crippen molar-refractivity contribution in [1.29, 1.82) is 0 Å². The highest BCUT2D eigenvalue weighted by Gasteiger charge is 2.46. The van der Waals surface area contributed by atoms with Gasteiger partial charge in [-0.25, -0.2) is 0 Å². The third-order valence-electron chi connectivity index (χ3n) is 3.85. The summed E-state index contributed by atoms with van der Waals surface area (Å²) in [6.45, 7) is 7.37. The summed E-state index contributed by atoms with van der Waals surface area (Å²) in [6.07, 6.45) is 2.93. The summed E-state index contributed by atoms with van der Waals surface area (Å²) in [4.78, 5) is 0. The Bertz CT molecular complexity index is 171. The Morgan fingerprint density at radius 2 is 1.93 bits per heavy atom. The van der Waals surface area contributed by atoms with Gasteiger partial charge in [-0.05, 0) is 37.0 Å². The van der Waals surface area contributed by atoms with Gasteiger partial charge in [-0.2, -0.15) is 0 Å². The molecular formula is C12H24O2. The third-order valence-corrected chi connectivity index (χ3v) is 3.85. The van der Waals surface area contributed by atoms with Crippen molar-refractivity contribution in [2.75, 3.05) is 13.7 Å². The molecule has 84 valence electrons. The fourth-order valence-electron chi connectivity index (χ4n) is 2.29. The second-order valence-electron chi connectivity index (χ2n) is 5.20. The minimum absolute atomic E-state index is 0.373. The quantitative estimate of drug-likeness (QED) is 0.738. The van der Waals surface area contributed by atoms with E-state index in [1.165, 1.54) is 0 Å². The van der Waals surface area contributed by atoms with Gasteiger partial charge in [-0.1, -0.05) is 20.8 Å². The van der Waals surface area contributed by atoms with E-state index in [1.807, 2.05) is 0 Å². The minimum atomic E-state index is -0.395. The van der Waals surface area contributed by atoms with Crippen molar-refractivity contribution < 1.29 is 9.84 Å². The average molecular weight is 200 g/mol. The first-order valence-electron chi connectivity index (χ1n) is 5.71. The maximum Gasteiger partial charge on any atom is 0.0679 e. The van der Waals surface area contributed by atoms with Crippen LogP contribution in [0.15, 0.2) is 0 Å². The van der Waals surface area contributed by atoms with Crippen LogP contribution in [0, 0.1) is 17.8 Å². The highest BCUT2D eigenvalue weighted by Crippen LogP contribution is 2.47. The molecule has 0 bridgehead atoms. The van der Waals surface area contributed by atoms with E-state index in [-0.39, 0.29) is 0 Å². The SMILES string of the molecule is COCCC(C)C1(O)CC(C(C)C)C1. The van der Waals surface area contributed by atoms with Gasteiger partial charge in [0.05, 0.1) is 5.60 Å². The van der Waals surface area contributed by atoms with Crippen LogP contribution in [0.25, 0.3) is 0 Å². The predicted octanol–water partition coefficient (Wildman–Crippen LogP) is 2.46. The zero-order chi connectivity index (χ0) is 10.8. The Morgan fingerprint density at radius 1 is 1.36 bits per heavy atom. The standard InChI is InChI=1S/C12H24O2/c1-9(2)11-7-12(13,8-11)10(3)5-6-14-4/h9-11,13H,5-8H2,1-4H3. The minimum Gasteiger partial charge on any atom is -0.390 e. The molecule has 1 fully saturated rings. The van der Waals surface area contributed by atoms with Crippen molar-refractivity contribution in [1.82, 2.24) is 0 Å². The molecule has 0 amide bonds. The molecule has 2 nitrogen and oxygen atoms in total. The molecule has 1 unspecified atom stereocenters. The lowest BCUT2D eigenvalue weighted by Crippen LogP contribution is -2.50. The van der Waals surface area contributed by atoms with Gasteiger partial charge in [0.2, 0.25) is 0 Å². The third kappa shape index (κ3) is 2.48. The number of ether oxygens (including phenoxy) is 1. The molecule has 0 spiro atoms. The number of aliphatic hydroxyl groups is 1. The second-order valence-corrected chi connectivity index (χ2v) is 5.20. The van der Waals surface area contributed by atoms with E-state index >= 15 is 0 Å². The number of hydrogen-bond acceptors (Lipinski definition) is 2. The monoisotopic (exact) mass is 200 g/mol. The number of rotatable bonds is 5. The van der Waals surface area contributed by atoms with Crippen LogP contribution in [0.4, 0.5) is 0 Å². The largest absolute Gasteiger partial charge is 0.390 e. The Labute approximate surface area is 87.7 Å². The maximum absolute atomic E-state index is 10.3. The molecular weight excluding hydrogens is 176 g/mol. The molecule has 1 saturated carbocycles. The topological polar surface area (TPSA) is 29.5 Å². The van der Waals surface area contributed by atoms with Crippen molar-refractivity contribution >= 4 is 0 Å². The van der Waals surface area contributed by atoms with E-state index in [9.17, 15) is 5.11 Å². The van der Waals surface area contributed by atoms with Crippen LogP contribution in [0.1, 0.15) is 40.0 Å². The fourth-order valence-corrected chi connectivity index (χ4v) is 2.29. The van der Waals surface area contributed by atoms with Gasteiger partial charge in [-0.3, -0.25) is 0 Å². The van der Waals surface area contributed by atoms with E-state index in [1.54, 1.807) is 7.11 Å². The Balaban J connectivity index is 2.31. The second kappa shape index (κ2) is 4.63. The lowest BCUT2D eigenvalue weighted by molar-refractivity contribution is -0.128. The first kappa shape index (κ1) is 12.0. The van der Waals surface area contributed by atoms with Crippen LogP contribution in [0.3, 0.4) is 0 Å². The molecule has 0 aliphatic heterocycles. The molecule has 1 atom stereocenters. The van der Waals surface area contributed by atoms with Crippen LogP contribution in [-0.4, -0.2) is 24.4 Å². The van der Waals surface area contributed by atoms with Crippen LogP contribution in [0.5, 0.6) is 0 Å². The van der Waals surface area contributed by atoms with E-state index in [0.29, 0.717) is 11.8 Å². The molecule has 2 heteroatoms. The van der Waals surface area contributed by atoms with E-state index in [0.717, 1.165) is 31.8 Å². The van der Waals surface area contributed by atoms with Crippen LogP contribution in [-0.2, 0) is 4.74 Å². The van der Waals surface area contributed by atoms with Gasteiger partial charge in [0.15, 0.2) is 0 Å². The van der Waals surface area contributed by atoms with Gasteiger partial charge >= 0.3 is 0 Å². The number of hydrogen-bond donors (Lipinski definition) is 1. The summed E-state index contributed by atoms with van der Waals surface area (Å²) in [6, 6.07) is 0. The molecule has 14 heavy (non-hydrogen) atoms. The van der Waals surface area contributed by atoms with Crippen molar-refractivity contribution in [3.63, 3.8) is 0 Å². The highest BCUT2D eigenvalue weighted by atomic mass is 16.5. The maximum atomic E-state index is 10.3. The molecule has 0 heterocycles. The summed E-state index contributed by atoms with van der Waals surface area (Å²) in [5.74, 6) is 1.81. The molecule has 1 aliphatic rings. The van der Waals surface area contributed by atoms with Gasteiger partial charge in [0.25, 0.3) is 0 Å². The van der Waals surface area contributed by atoms with Crippen molar-refractivity contribution in [2.24, 2.45) is 17.8 Å². The van der Waals surface area contributed by atoms with Gasteiger partial charge in [0.1, 0.15) is 0 Å². The molecule has 0 saturated heterocycles. The van der Waals surface area contributed by atoms with E-state index in [2.05, 4.69) is 20.8 Å². The zero-order valence-electron chi connectivity index (χ0n) is 9.92. The summed E-state index contributed by atoms with van der Waals surface area (Å²) in [5.41, 5.74) is -0.395. The van der Waals surface area contributed by atoms with Crippen LogP contribution in [0.2, 0.25) is 0 Å². The first-order chi connectivity index (χ1) is 6.49. The molecule has 0 radical (unpaired) electrons. The molecule has 0 aromatic rings. The molecule has 1 N–H and O–H groups in total. The molecule has 0 aromatic heterocycles. The Morgan fingerprint density at radius 3 is 2.36 bits per heavy atom. The van der Waals surface area contributed by atoms with E-state index < -0.39 is 5.60 Å². The van der Waals surface area contributed by atoms with Crippen molar-refractivity contribution in [3.05, 3.63) is 0 Å². The van der Waals surface area contributed by atoms with Crippen molar-refractivity contribution in [3.8, 4) is 0 Å². The summed E-state index contributed by atoms with van der Waals surface area (Å²) >= 11 is 0. The van der Waals surface area contributed by atoms with Crippen LogP contribution >= 0.6 is 0 Å². The summed E-state index contributed by atoms with van der Waals surface area (Å²) in [7, 11) is 1.72. The molecule has 0 aromatic carbocycles. The normalized spacial score (nSPS) is 34.3. The first-order valence-corrected chi connectivity index (χ1v) is 5.71. The van der Waals surface area contributed by atoms with Gasteiger partial charge in [-0.15, -0.1) is 0 Å². The lowest BCUT2D eigenvalue weighted by Gasteiger charge is -2.49. The predicted molar refractivity (Wildman–Crippen MR) is 58.2 cm³/mol. The smallest absolute Gasteiger partial charge is 0.0679 e. The molecule has 1 aliphatic carbocycles. The fraction of sp³-hybridized carbons (Fsp3) is 1.00. The zero-order valence-corrected chi connectivity index (χ0v) is 9.92. The Hall–Kier alpha value is -0.0800. The number of methoxy groups -OCH3 is 1. The summed E-state index contributed by atoms with van der Waals surface area (Å²) < 4.78 is 5.04. The van der Waals surface area contributed by atoms with Gasteiger partial charge in [0, 0.05) is 13.7 Å². The van der Waals surface area contributed by atoms with Crippen molar-refractivity contribution in [2.45, 2.75) is 45.6 Å². The molecule has 1 rings (SSSR count). The average Bonchev–Trinajstić information content (AvgIpc) is 2.08. The highest BCUT2D eigenvalue weighted by molar-refractivity contribution is 4.98. The van der Waals surface area contributed by atoms with Gasteiger partial charge < -0.3 is 9.84 Å². The Kier molecular flexibility index (Phi) is 3.96.